The van der Waals surface area contributed by atoms with E-state index in [0.717, 1.165) is 4.31 Å². The number of sulfonamides is 1. The van der Waals surface area contributed by atoms with E-state index in [4.69, 9.17) is 5.11 Å². The Labute approximate surface area is 115 Å². The Kier molecular flexibility index (Phi) is 3.45. The lowest BCUT2D eigenvalue weighted by Crippen LogP contribution is -2.28. The van der Waals surface area contributed by atoms with E-state index < -0.39 is 21.0 Å². The molecule has 2 aromatic heterocycles. The molecular weight excluding hydrogens is 284 g/mol. The van der Waals surface area contributed by atoms with Gasteiger partial charge in [0.15, 0.2) is 0 Å². The Bertz CT molecular complexity index is 739. The van der Waals surface area contributed by atoms with Crippen molar-refractivity contribution < 1.29 is 18.3 Å². The topological polar surface area (TPSA) is 116 Å². The fraction of sp³-hybridized carbons (Fsp3) is 0.182. The zero-order valence-electron chi connectivity index (χ0n) is 10.7. The molecule has 0 saturated heterocycles. The minimum atomic E-state index is -4.06. The number of aromatic nitrogens is 3. The van der Waals surface area contributed by atoms with Crippen LogP contribution in [0.15, 0.2) is 29.6 Å². The number of aryl methyl sites for hydroxylation is 1. The highest BCUT2D eigenvalue weighted by Gasteiger charge is 2.31. The molecule has 20 heavy (non-hydrogen) atoms. The van der Waals surface area contributed by atoms with Crippen molar-refractivity contribution in [1.29, 1.82) is 0 Å². The monoisotopic (exact) mass is 296 g/mol. The van der Waals surface area contributed by atoms with Crippen LogP contribution in [0.1, 0.15) is 16.1 Å². The summed E-state index contributed by atoms with van der Waals surface area (Å²) < 4.78 is 25.8. The number of anilines is 1. The lowest BCUT2D eigenvalue weighted by Gasteiger charge is -2.17. The highest BCUT2D eigenvalue weighted by Crippen LogP contribution is 2.23. The Hall–Kier alpha value is -2.42. The van der Waals surface area contributed by atoms with E-state index in [9.17, 15) is 13.2 Å². The van der Waals surface area contributed by atoms with Gasteiger partial charge < -0.3 is 5.11 Å². The summed E-state index contributed by atoms with van der Waals surface area (Å²) in [5, 5.41) is 14.6. The Balaban J connectivity index is 2.54. The number of pyridine rings is 1. The SMILES string of the molecule is Cc1[nH]nc(S(=O)(=O)N(C)c2ccncc2)c1C(=O)O. The molecule has 0 aromatic carbocycles. The molecule has 0 aliphatic carbocycles. The van der Waals surface area contributed by atoms with Gasteiger partial charge in [-0.1, -0.05) is 0 Å². The van der Waals surface area contributed by atoms with Crippen LogP contribution in [0.4, 0.5) is 5.69 Å². The van der Waals surface area contributed by atoms with Gasteiger partial charge in [-0.3, -0.25) is 14.4 Å². The minimum absolute atomic E-state index is 0.180. The third kappa shape index (κ3) is 2.23. The first-order valence-corrected chi connectivity index (χ1v) is 6.97. The summed E-state index contributed by atoms with van der Waals surface area (Å²) in [6, 6.07) is 3.00. The predicted octanol–water partition coefficient (Wildman–Crippen LogP) is 0.636. The number of H-pyrrole nitrogens is 1. The lowest BCUT2D eigenvalue weighted by molar-refractivity contribution is 0.0692. The second kappa shape index (κ2) is 4.93. The van der Waals surface area contributed by atoms with Gasteiger partial charge in [0.05, 0.1) is 5.69 Å². The van der Waals surface area contributed by atoms with Gasteiger partial charge in [-0.25, -0.2) is 4.79 Å². The van der Waals surface area contributed by atoms with Gasteiger partial charge in [0.1, 0.15) is 5.56 Å². The van der Waals surface area contributed by atoms with Gasteiger partial charge in [0, 0.05) is 25.1 Å². The number of nitrogens with zero attached hydrogens (tertiary/aromatic N) is 3. The molecule has 2 aromatic rings. The van der Waals surface area contributed by atoms with E-state index >= 15 is 0 Å². The molecule has 2 rings (SSSR count). The van der Waals surface area contributed by atoms with Crippen molar-refractivity contribution in [1.82, 2.24) is 15.2 Å². The summed E-state index contributed by atoms with van der Waals surface area (Å²) in [6.07, 6.45) is 2.88. The third-order valence-corrected chi connectivity index (χ3v) is 4.48. The average molecular weight is 296 g/mol. The fourth-order valence-corrected chi connectivity index (χ4v) is 2.99. The van der Waals surface area contributed by atoms with E-state index in [1.165, 1.54) is 38.5 Å². The molecule has 0 amide bonds. The van der Waals surface area contributed by atoms with Crippen molar-refractivity contribution in [2.75, 3.05) is 11.4 Å². The standard InChI is InChI=1S/C11H12N4O4S/c1-7-9(11(16)17)10(14-13-7)20(18,19)15(2)8-3-5-12-6-4-8/h3-6H,1-2H3,(H,13,14)(H,16,17). The summed E-state index contributed by atoms with van der Waals surface area (Å²) in [4.78, 5) is 15.0. The number of rotatable bonds is 4. The summed E-state index contributed by atoms with van der Waals surface area (Å²) in [5.41, 5.74) is 0.183. The molecule has 8 nitrogen and oxygen atoms in total. The molecule has 0 aliphatic heterocycles. The summed E-state index contributed by atoms with van der Waals surface area (Å²) >= 11 is 0. The van der Waals surface area contributed by atoms with Crippen molar-refractivity contribution in [3.8, 4) is 0 Å². The van der Waals surface area contributed by atoms with Gasteiger partial charge in [-0.15, -0.1) is 0 Å². The molecule has 2 N–H and O–H groups in total. The van der Waals surface area contributed by atoms with Gasteiger partial charge >= 0.3 is 5.97 Å². The Morgan fingerprint density at radius 2 is 1.95 bits per heavy atom. The number of aromatic amines is 1. The van der Waals surface area contributed by atoms with E-state index in [0.29, 0.717) is 5.69 Å². The summed E-state index contributed by atoms with van der Waals surface area (Å²) in [6.45, 7) is 1.45. The molecule has 0 bridgehead atoms. The number of aromatic carboxylic acids is 1. The van der Waals surface area contributed by atoms with Gasteiger partial charge in [-0.2, -0.15) is 13.5 Å². The lowest BCUT2D eigenvalue weighted by atomic mass is 10.3. The highest BCUT2D eigenvalue weighted by atomic mass is 32.2. The summed E-state index contributed by atoms with van der Waals surface area (Å²) in [5.74, 6) is -1.35. The number of nitrogens with one attached hydrogen (secondary N) is 1. The average Bonchev–Trinajstić information content (AvgIpc) is 2.81. The highest BCUT2D eigenvalue weighted by molar-refractivity contribution is 7.92. The van der Waals surface area contributed by atoms with E-state index in [1.807, 2.05) is 0 Å². The van der Waals surface area contributed by atoms with Gasteiger partial charge in [0.2, 0.25) is 5.03 Å². The maximum atomic E-state index is 12.4. The van der Waals surface area contributed by atoms with Crippen LogP contribution in [-0.2, 0) is 10.0 Å². The molecule has 2 heterocycles. The second-order valence-corrected chi connectivity index (χ2v) is 5.90. The van der Waals surface area contributed by atoms with Crippen LogP contribution in [-0.4, -0.2) is 41.7 Å². The maximum Gasteiger partial charge on any atom is 0.340 e. The molecule has 0 unspecified atom stereocenters. The third-order valence-electron chi connectivity index (χ3n) is 2.76. The van der Waals surface area contributed by atoms with E-state index in [1.54, 1.807) is 0 Å². The molecule has 106 valence electrons. The van der Waals surface area contributed by atoms with Crippen LogP contribution in [0, 0.1) is 6.92 Å². The number of carboxylic acid groups (broad SMARTS) is 1. The summed E-state index contributed by atoms with van der Waals surface area (Å²) in [7, 11) is -2.74. The predicted molar refractivity (Wildman–Crippen MR) is 70.1 cm³/mol. The van der Waals surface area contributed by atoms with Crippen LogP contribution < -0.4 is 4.31 Å². The molecular formula is C11H12N4O4S. The number of hydrogen-bond acceptors (Lipinski definition) is 5. The molecule has 0 atom stereocenters. The number of carboxylic acids is 1. The Morgan fingerprint density at radius 1 is 1.35 bits per heavy atom. The van der Waals surface area contributed by atoms with Crippen molar-refractivity contribution in [3.63, 3.8) is 0 Å². The van der Waals surface area contributed by atoms with E-state index in [-0.39, 0.29) is 11.3 Å². The van der Waals surface area contributed by atoms with Crippen LogP contribution in [0.5, 0.6) is 0 Å². The first-order valence-electron chi connectivity index (χ1n) is 5.53. The van der Waals surface area contributed by atoms with Crippen LogP contribution in [0.2, 0.25) is 0 Å². The first-order chi connectivity index (χ1) is 9.35. The number of carbonyl (C=O) groups is 1. The second-order valence-electron chi connectivity index (χ2n) is 4.01. The molecule has 0 spiro atoms. The smallest absolute Gasteiger partial charge is 0.340 e. The van der Waals surface area contributed by atoms with Gasteiger partial charge in [-0.05, 0) is 19.1 Å². The zero-order valence-corrected chi connectivity index (χ0v) is 11.5. The zero-order chi connectivity index (χ0) is 14.9. The quantitative estimate of drug-likeness (QED) is 0.855. The number of hydrogen-bond donors (Lipinski definition) is 2. The molecule has 0 radical (unpaired) electrons. The van der Waals surface area contributed by atoms with Crippen molar-refractivity contribution >= 4 is 21.7 Å². The van der Waals surface area contributed by atoms with Crippen LogP contribution in [0.3, 0.4) is 0 Å². The van der Waals surface area contributed by atoms with Crippen molar-refractivity contribution in [2.24, 2.45) is 0 Å². The van der Waals surface area contributed by atoms with E-state index in [2.05, 4.69) is 15.2 Å². The van der Waals surface area contributed by atoms with Crippen molar-refractivity contribution in [2.45, 2.75) is 11.9 Å². The molecule has 9 heteroatoms. The van der Waals surface area contributed by atoms with Crippen LogP contribution >= 0.6 is 0 Å². The maximum absolute atomic E-state index is 12.4. The van der Waals surface area contributed by atoms with Crippen molar-refractivity contribution in [3.05, 3.63) is 35.8 Å². The molecule has 0 saturated carbocycles. The molecule has 0 aliphatic rings. The molecule has 0 fully saturated rings. The first kappa shape index (κ1) is 14.0. The van der Waals surface area contributed by atoms with Crippen LogP contribution in [0.25, 0.3) is 0 Å². The van der Waals surface area contributed by atoms with Gasteiger partial charge in [0.25, 0.3) is 10.0 Å². The largest absolute Gasteiger partial charge is 0.478 e. The fourth-order valence-electron chi connectivity index (χ4n) is 1.67. The minimum Gasteiger partial charge on any atom is -0.478 e. The Morgan fingerprint density at radius 3 is 2.50 bits per heavy atom. The normalized spacial score (nSPS) is 11.3.